The van der Waals surface area contributed by atoms with Gasteiger partial charge in [0.25, 0.3) is 0 Å². The minimum atomic E-state index is 0.460. The monoisotopic (exact) mass is 339 g/mol. The lowest BCUT2D eigenvalue weighted by molar-refractivity contribution is -0.886. The third-order valence-electron chi connectivity index (χ3n) is 5.21. The van der Waals surface area contributed by atoms with Gasteiger partial charge < -0.3 is 15.1 Å². The number of nitrogens with zero attached hydrogens (tertiary/aromatic N) is 2. The van der Waals surface area contributed by atoms with Crippen molar-refractivity contribution in [1.29, 1.82) is 0 Å². The minimum Gasteiger partial charge on any atom is -0.337 e. The molecule has 2 aliphatic heterocycles. The summed E-state index contributed by atoms with van der Waals surface area (Å²) >= 11 is 5.78. The van der Waals surface area contributed by atoms with Crippen LogP contribution in [0.5, 0.6) is 0 Å². The number of pyridine rings is 1. The zero-order chi connectivity index (χ0) is 16.7. The van der Waals surface area contributed by atoms with E-state index in [-0.39, 0.29) is 0 Å². The first-order chi connectivity index (χ1) is 11.6. The smallest absolute Gasteiger partial charge is 0.178 e. The molecule has 1 fully saturated rings. The van der Waals surface area contributed by atoms with Gasteiger partial charge in [-0.25, -0.2) is 0 Å². The number of thiocarbonyl (C=S) groups is 1. The van der Waals surface area contributed by atoms with Gasteiger partial charge in [0.15, 0.2) is 5.11 Å². The summed E-state index contributed by atoms with van der Waals surface area (Å²) in [7, 11) is 2.29. The zero-order valence-corrected chi connectivity index (χ0v) is 14.9. The van der Waals surface area contributed by atoms with Crippen LogP contribution in [-0.4, -0.2) is 36.3 Å². The summed E-state index contributed by atoms with van der Waals surface area (Å²) in [5.74, 6) is 0.558. The van der Waals surface area contributed by atoms with Crippen molar-refractivity contribution in [3.8, 4) is 0 Å². The number of rotatable bonds is 1. The predicted molar refractivity (Wildman–Crippen MR) is 102 cm³/mol. The van der Waals surface area contributed by atoms with Gasteiger partial charge in [-0.05, 0) is 42.9 Å². The molecule has 124 valence electrons. The third kappa shape index (κ3) is 2.68. The number of piperidine rings is 1. The Bertz CT molecular complexity index is 761. The largest absolute Gasteiger partial charge is 0.337 e. The molecule has 0 radical (unpaired) electrons. The van der Waals surface area contributed by atoms with Crippen molar-refractivity contribution in [2.75, 3.05) is 30.4 Å². The fraction of sp³-hybridized carbons (Fsp3) is 0.368. The second kappa shape index (κ2) is 6.15. The second-order valence-corrected chi connectivity index (χ2v) is 7.36. The van der Waals surface area contributed by atoms with E-state index in [1.54, 1.807) is 11.1 Å². The van der Waals surface area contributed by atoms with Gasteiger partial charge in [-0.15, -0.1) is 0 Å². The Labute approximate surface area is 148 Å². The fourth-order valence-corrected chi connectivity index (χ4v) is 4.44. The van der Waals surface area contributed by atoms with Gasteiger partial charge in [0.2, 0.25) is 0 Å². The average molecular weight is 339 g/mol. The van der Waals surface area contributed by atoms with Crippen molar-refractivity contribution >= 4 is 28.7 Å². The molecule has 0 aliphatic carbocycles. The van der Waals surface area contributed by atoms with Crippen LogP contribution in [0.15, 0.2) is 42.7 Å². The molecule has 3 atom stereocenters. The molecule has 1 aromatic carbocycles. The van der Waals surface area contributed by atoms with Gasteiger partial charge in [0.05, 0.1) is 44.0 Å². The number of fused-ring (bicyclic) bond motifs is 3. The molecule has 3 heterocycles. The Hall–Kier alpha value is -1.98. The van der Waals surface area contributed by atoms with Gasteiger partial charge in [-0.3, -0.25) is 4.98 Å². The Kier molecular flexibility index (Phi) is 3.98. The summed E-state index contributed by atoms with van der Waals surface area (Å²) in [6.07, 6.45) is 4.76. The third-order valence-corrected chi connectivity index (χ3v) is 5.50. The number of nitrogens with one attached hydrogen (secondary N) is 2. The summed E-state index contributed by atoms with van der Waals surface area (Å²) in [4.78, 5) is 8.12. The van der Waals surface area contributed by atoms with E-state index < -0.39 is 0 Å². The molecule has 1 saturated heterocycles. The highest BCUT2D eigenvalue weighted by Gasteiger charge is 2.44. The summed E-state index contributed by atoms with van der Waals surface area (Å²) in [6.45, 7) is 4.54. The number of hydrogen-bond acceptors (Lipinski definition) is 2. The lowest BCUT2D eigenvalue weighted by Gasteiger charge is -2.35. The number of aryl methyl sites for hydroxylation is 1. The number of quaternary nitrogens is 1. The van der Waals surface area contributed by atoms with Crippen molar-refractivity contribution in [3.05, 3.63) is 53.9 Å². The van der Waals surface area contributed by atoms with E-state index in [4.69, 9.17) is 12.2 Å². The summed E-state index contributed by atoms with van der Waals surface area (Å²) < 4.78 is 0. The molecule has 0 spiro atoms. The highest BCUT2D eigenvalue weighted by molar-refractivity contribution is 7.80. The highest BCUT2D eigenvalue weighted by atomic mass is 32.1. The molecular weight excluding hydrogens is 316 g/mol. The first-order valence-corrected chi connectivity index (χ1v) is 8.96. The SMILES string of the molecule is Cc1ccc2c(c1)[C@@H]1C[NH+](C)CC[C@@H]1N2C(=S)Nc1cccnc1. The van der Waals surface area contributed by atoms with Crippen molar-refractivity contribution in [1.82, 2.24) is 4.98 Å². The number of aromatic nitrogens is 1. The molecule has 4 nitrogen and oxygen atoms in total. The van der Waals surface area contributed by atoms with Crippen LogP contribution in [0, 0.1) is 6.92 Å². The Morgan fingerprint density at radius 2 is 2.25 bits per heavy atom. The van der Waals surface area contributed by atoms with Crippen LogP contribution < -0.4 is 15.1 Å². The number of benzene rings is 1. The van der Waals surface area contributed by atoms with Gasteiger partial charge >= 0.3 is 0 Å². The molecule has 4 rings (SSSR count). The van der Waals surface area contributed by atoms with Crippen molar-refractivity contribution in [2.45, 2.75) is 25.3 Å². The van der Waals surface area contributed by atoms with Crippen LogP contribution in [0.3, 0.4) is 0 Å². The second-order valence-electron chi connectivity index (χ2n) is 6.98. The Morgan fingerprint density at radius 3 is 3.04 bits per heavy atom. The molecule has 0 amide bonds. The van der Waals surface area contributed by atoms with Crippen LogP contribution in [0.25, 0.3) is 0 Å². The molecule has 0 bridgehead atoms. The molecule has 0 saturated carbocycles. The lowest BCUT2D eigenvalue weighted by Crippen LogP contribution is -3.11. The number of hydrogen-bond donors (Lipinski definition) is 2. The fourth-order valence-electron chi connectivity index (χ4n) is 4.08. The zero-order valence-electron chi connectivity index (χ0n) is 14.1. The molecule has 2 N–H and O–H groups in total. The van der Waals surface area contributed by atoms with Crippen molar-refractivity contribution < 1.29 is 4.90 Å². The molecule has 2 aromatic rings. The quantitative estimate of drug-likeness (QED) is 0.779. The summed E-state index contributed by atoms with van der Waals surface area (Å²) in [5.41, 5.74) is 4.99. The standard InChI is InChI=1S/C19H22N4S/c1-13-5-6-17-15(10-13)16-12-22(2)9-7-18(16)23(17)19(24)21-14-4-3-8-20-11-14/h3-6,8,10-11,16,18H,7,9,12H2,1-2H3,(H,21,24)/p+1/t16-,18-/m0/s1. The first-order valence-electron chi connectivity index (χ1n) is 8.55. The number of likely N-dealkylation sites (N-methyl/N-ethyl adjacent to an activating group) is 1. The summed E-state index contributed by atoms with van der Waals surface area (Å²) in [5, 5.41) is 4.15. The van der Waals surface area contributed by atoms with E-state index in [1.807, 2.05) is 18.3 Å². The van der Waals surface area contributed by atoms with Gasteiger partial charge in [-0.1, -0.05) is 17.7 Å². The van der Waals surface area contributed by atoms with Crippen LogP contribution in [0.2, 0.25) is 0 Å². The van der Waals surface area contributed by atoms with Crippen LogP contribution in [0.1, 0.15) is 23.5 Å². The maximum atomic E-state index is 5.78. The number of likely N-dealkylation sites (tertiary alicyclic amines) is 1. The van der Waals surface area contributed by atoms with E-state index in [0.29, 0.717) is 12.0 Å². The van der Waals surface area contributed by atoms with E-state index in [2.05, 4.69) is 47.4 Å². The summed E-state index contributed by atoms with van der Waals surface area (Å²) in [6, 6.07) is 11.2. The molecule has 2 aliphatic rings. The van der Waals surface area contributed by atoms with Gasteiger partial charge in [0, 0.05) is 18.3 Å². The van der Waals surface area contributed by atoms with Crippen LogP contribution in [-0.2, 0) is 0 Å². The van der Waals surface area contributed by atoms with Crippen LogP contribution in [0.4, 0.5) is 11.4 Å². The maximum absolute atomic E-state index is 5.78. The molecule has 5 heteroatoms. The van der Waals surface area contributed by atoms with E-state index in [1.165, 1.54) is 36.3 Å². The topological polar surface area (TPSA) is 32.6 Å². The highest BCUT2D eigenvalue weighted by Crippen LogP contribution is 2.43. The maximum Gasteiger partial charge on any atom is 0.178 e. The minimum absolute atomic E-state index is 0.460. The molecule has 1 aromatic heterocycles. The van der Waals surface area contributed by atoms with E-state index >= 15 is 0 Å². The van der Waals surface area contributed by atoms with Crippen molar-refractivity contribution in [3.63, 3.8) is 0 Å². The average Bonchev–Trinajstić information content (AvgIpc) is 2.89. The molecular formula is C19H23N4S+. The van der Waals surface area contributed by atoms with Gasteiger partial charge in [0.1, 0.15) is 0 Å². The van der Waals surface area contributed by atoms with Gasteiger partial charge in [-0.2, -0.15) is 0 Å². The predicted octanol–water partition coefficient (Wildman–Crippen LogP) is 1.98. The van der Waals surface area contributed by atoms with E-state index in [9.17, 15) is 0 Å². The number of anilines is 2. The first kappa shape index (κ1) is 15.5. The Morgan fingerprint density at radius 1 is 1.38 bits per heavy atom. The molecule has 24 heavy (non-hydrogen) atoms. The van der Waals surface area contributed by atoms with Crippen LogP contribution >= 0.6 is 12.2 Å². The Balaban J connectivity index is 1.68. The van der Waals surface area contributed by atoms with E-state index in [0.717, 1.165) is 10.8 Å². The normalized spacial score (nSPS) is 25.1. The van der Waals surface area contributed by atoms with Crippen molar-refractivity contribution in [2.24, 2.45) is 0 Å². The molecule has 1 unspecified atom stereocenters. The lowest BCUT2D eigenvalue weighted by atomic mass is 9.89.